The molecule has 0 aliphatic carbocycles. The number of pyridine rings is 1. The van der Waals surface area contributed by atoms with Gasteiger partial charge in [0.05, 0.1) is 5.69 Å². The van der Waals surface area contributed by atoms with Gasteiger partial charge >= 0.3 is 0 Å². The third-order valence-electron chi connectivity index (χ3n) is 7.12. The summed E-state index contributed by atoms with van der Waals surface area (Å²) in [7, 11) is 0. The van der Waals surface area contributed by atoms with Crippen LogP contribution in [0.2, 0.25) is 0 Å². The molecule has 0 saturated carbocycles. The molecule has 0 saturated heterocycles. The molecule has 7 rings (SSSR count). The summed E-state index contributed by atoms with van der Waals surface area (Å²) in [6, 6.07) is 41.7. The van der Waals surface area contributed by atoms with Crippen molar-refractivity contribution in [3.63, 3.8) is 0 Å². The minimum Gasteiger partial charge on any atom is -0.256 e. The molecule has 0 bridgehead atoms. The Morgan fingerprint density at radius 2 is 1.03 bits per heavy atom. The number of hydrogen-bond acceptors (Lipinski definition) is 1. The standard InChI is InChI=1S/C34H23N/c1-22-19-25(23-7-3-2-4-8-23)21-26(20-22)34-33-16-15-30-29-12-11-24-9-5-6-10-27(24)28(29)13-14-31(30)32(33)17-18-35-34/h2-21H,1H3. The SMILES string of the molecule is Cc1cc(-c2ccccc2)cc(-c2nccc3c2ccc2c3ccc3c4ccccc4ccc32)c1. The summed E-state index contributed by atoms with van der Waals surface area (Å²) in [5.41, 5.74) is 5.86. The second-order valence-corrected chi connectivity index (χ2v) is 9.32. The second kappa shape index (κ2) is 7.78. The molecular formula is C34H23N. The monoisotopic (exact) mass is 445 g/mol. The van der Waals surface area contributed by atoms with Gasteiger partial charge in [-0.2, -0.15) is 0 Å². The first-order chi connectivity index (χ1) is 17.3. The highest BCUT2D eigenvalue weighted by atomic mass is 14.7. The van der Waals surface area contributed by atoms with Gasteiger partial charge in [0.2, 0.25) is 0 Å². The Kier molecular flexibility index (Phi) is 4.43. The third-order valence-corrected chi connectivity index (χ3v) is 7.12. The average molecular weight is 446 g/mol. The van der Waals surface area contributed by atoms with Crippen molar-refractivity contribution < 1.29 is 0 Å². The third kappa shape index (κ3) is 3.20. The van der Waals surface area contributed by atoms with E-state index in [1.807, 2.05) is 6.20 Å². The lowest BCUT2D eigenvalue weighted by molar-refractivity contribution is 1.35. The van der Waals surface area contributed by atoms with E-state index in [4.69, 9.17) is 4.98 Å². The first-order valence-electron chi connectivity index (χ1n) is 12.1. The lowest BCUT2D eigenvalue weighted by Gasteiger charge is -2.13. The number of fused-ring (bicyclic) bond motifs is 7. The van der Waals surface area contributed by atoms with Crippen LogP contribution < -0.4 is 0 Å². The van der Waals surface area contributed by atoms with E-state index in [9.17, 15) is 0 Å². The van der Waals surface area contributed by atoms with Gasteiger partial charge in [0.25, 0.3) is 0 Å². The Morgan fingerprint density at radius 3 is 1.83 bits per heavy atom. The maximum atomic E-state index is 4.86. The fourth-order valence-corrected chi connectivity index (χ4v) is 5.52. The summed E-state index contributed by atoms with van der Waals surface area (Å²) >= 11 is 0. The highest BCUT2D eigenvalue weighted by Crippen LogP contribution is 2.37. The molecule has 1 nitrogen and oxygen atoms in total. The second-order valence-electron chi connectivity index (χ2n) is 9.32. The molecule has 0 aliphatic heterocycles. The molecule has 0 amide bonds. The van der Waals surface area contributed by atoms with Gasteiger partial charge in [0.1, 0.15) is 0 Å². The largest absolute Gasteiger partial charge is 0.256 e. The number of hydrogen-bond donors (Lipinski definition) is 0. The molecule has 0 atom stereocenters. The molecule has 0 radical (unpaired) electrons. The number of aromatic nitrogens is 1. The summed E-state index contributed by atoms with van der Waals surface area (Å²) in [5, 5.41) is 10.2. The van der Waals surface area contributed by atoms with Crippen LogP contribution in [0.4, 0.5) is 0 Å². The van der Waals surface area contributed by atoms with Crippen LogP contribution in [-0.4, -0.2) is 4.98 Å². The van der Waals surface area contributed by atoms with Crippen LogP contribution in [-0.2, 0) is 0 Å². The molecule has 0 N–H and O–H groups in total. The summed E-state index contributed by atoms with van der Waals surface area (Å²) in [6.45, 7) is 2.16. The molecule has 7 aromatic rings. The van der Waals surface area contributed by atoms with Gasteiger partial charge < -0.3 is 0 Å². The van der Waals surface area contributed by atoms with Crippen LogP contribution in [0.1, 0.15) is 5.56 Å². The number of rotatable bonds is 2. The van der Waals surface area contributed by atoms with Crippen molar-refractivity contribution in [2.45, 2.75) is 6.92 Å². The van der Waals surface area contributed by atoms with Crippen LogP contribution in [0.3, 0.4) is 0 Å². The van der Waals surface area contributed by atoms with E-state index in [1.165, 1.54) is 59.8 Å². The fourth-order valence-electron chi connectivity index (χ4n) is 5.52. The smallest absolute Gasteiger partial charge is 0.0780 e. The van der Waals surface area contributed by atoms with Crippen LogP contribution in [0, 0.1) is 6.92 Å². The quantitative estimate of drug-likeness (QED) is 0.242. The van der Waals surface area contributed by atoms with Gasteiger partial charge in [0, 0.05) is 17.1 Å². The lowest BCUT2D eigenvalue weighted by atomic mass is 9.92. The van der Waals surface area contributed by atoms with Crippen molar-refractivity contribution >= 4 is 43.1 Å². The van der Waals surface area contributed by atoms with Crippen molar-refractivity contribution in [3.8, 4) is 22.4 Å². The van der Waals surface area contributed by atoms with Gasteiger partial charge in [-0.3, -0.25) is 4.98 Å². The minimum absolute atomic E-state index is 1.03. The predicted molar refractivity (Wildman–Crippen MR) is 150 cm³/mol. The Hall–Kier alpha value is -4.49. The summed E-state index contributed by atoms with van der Waals surface area (Å²) in [5.74, 6) is 0. The molecule has 0 spiro atoms. The predicted octanol–water partition coefficient (Wildman–Crippen LogP) is 9.34. The Labute approximate surface area is 204 Å². The molecule has 0 unspecified atom stereocenters. The zero-order chi connectivity index (χ0) is 23.4. The first kappa shape index (κ1) is 19.9. The summed E-state index contributed by atoms with van der Waals surface area (Å²) in [4.78, 5) is 4.86. The van der Waals surface area contributed by atoms with Crippen molar-refractivity contribution in [1.82, 2.24) is 4.98 Å². The summed E-state index contributed by atoms with van der Waals surface area (Å²) < 4.78 is 0. The Bertz CT molecular complexity index is 1900. The van der Waals surface area contributed by atoms with Gasteiger partial charge in [-0.1, -0.05) is 97.1 Å². The minimum atomic E-state index is 1.03. The lowest BCUT2D eigenvalue weighted by Crippen LogP contribution is -1.90. The molecular weight excluding hydrogens is 422 g/mol. The maximum absolute atomic E-state index is 4.86. The number of aryl methyl sites for hydroxylation is 1. The van der Waals surface area contributed by atoms with Gasteiger partial charge in [-0.25, -0.2) is 0 Å². The Morgan fingerprint density at radius 1 is 0.429 bits per heavy atom. The van der Waals surface area contributed by atoms with E-state index in [-0.39, 0.29) is 0 Å². The molecule has 1 heterocycles. The van der Waals surface area contributed by atoms with E-state index >= 15 is 0 Å². The fraction of sp³-hybridized carbons (Fsp3) is 0.0294. The highest BCUT2D eigenvalue weighted by Gasteiger charge is 2.12. The number of nitrogens with zero attached hydrogens (tertiary/aromatic N) is 1. The topological polar surface area (TPSA) is 12.9 Å². The molecule has 0 aliphatic rings. The maximum Gasteiger partial charge on any atom is 0.0780 e. The zero-order valence-corrected chi connectivity index (χ0v) is 19.5. The average Bonchev–Trinajstić information content (AvgIpc) is 2.92. The first-order valence-corrected chi connectivity index (χ1v) is 12.1. The molecule has 0 fully saturated rings. The van der Waals surface area contributed by atoms with E-state index in [2.05, 4.69) is 122 Å². The van der Waals surface area contributed by atoms with Crippen LogP contribution in [0.5, 0.6) is 0 Å². The number of benzene rings is 6. The van der Waals surface area contributed by atoms with Crippen molar-refractivity contribution in [2.75, 3.05) is 0 Å². The summed E-state index contributed by atoms with van der Waals surface area (Å²) in [6.07, 6.45) is 1.95. The van der Waals surface area contributed by atoms with Crippen molar-refractivity contribution in [2.24, 2.45) is 0 Å². The van der Waals surface area contributed by atoms with Crippen molar-refractivity contribution in [3.05, 3.63) is 127 Å². The normalized spacial score (nSPS) is 11.6. The molecule has 1 aromatic heterocycles. The van der Waals surface area contributed by atoms with Gasteiger partial charge in [0.15, 0.2) is 0 Å². The molecule has 164 valence electrons. The zero-order valence-electron chi connectivity index (χ0n) is 19.5. The van der Waals surface area contributed by atoms with Crippen LogP contribution in [0.15, 0.2) is 121 Å². The van der Waals surface area contributed by atoms with E-state index in [0.29, 0.717) is 0 Å². The van der Waals surface area contributed by atoms with Gasteiger partial charge in [-0.15, -0.1) is 0 Å². The van der Waals surface area contributed by atoms with E-state index in [0.717, 1.165) is 11.3 Å². The van der Waals surface area contributed by atoms with Crippen LogP contribution >= 0.6 is 0 Å². The van der Waals surface area contributed by atoms with E-state index in [1.54, 1.807) is 0 Å². The molecule has 1 heteroatoms. The molecule has 35 heavy (non-hydrogen) atoms. The van der Waals surface area contributed by atoms with E-state index < -0.39 is 0 Å². The molecule has 6 aromatic carbocycles. The van der Waals surface area contributed by atoms with Crippen LogP contribution in [0.25, 0.3) is 65.5 Å². The Balaban J connectivity index is 1.48. The highest BCUT2D eigenvalue weighted by molar-refractivity contribution is 6.23. The van der Waals surface area contributed by atoms with Crippen molar-refractivity contribution in [1.29, 1.82) is 0 Å². The van der Waals surface area contributed by atoms with Gasteiger partial charge in [-0.05, 0) is 79.5 Å².